The minimum Gasteiger partial charge on any atom is -0.458 e. The highest BCUT2D eigenvalue weighted by Gasteiger charge is 2.41. The van der Waals surface area contributed by atoms with E-state index in [1.807, 2.05) is 120 Å². The monoisotopic (exact) mass is 1330 g/mol. The Balaban J connectivity index is 1.03. The van der Waals surface area contributed by atoms with Crippen molar-refractivity contribution in [2.45, 2.75) is 142 Å². The van der Waals surface area contributed by atoms with Crippen LogP contribution in [-0.2, 0) is 27.1 Å². The number of aryl methyl sites for hydroxylation is 2. The maximum atomic E-state index is 10.7. The Morgan fingerprint density at radius 2 is 1.17 bits per heavy atom. The minimum absolute atomic E-state index is 0.0744. The summed E-state index contributed by atoms with van der Waals surface area (Å²) in [5.74, 6) is 1.32. The van der Waals surface area contributed by atoms with Gasteiger partial charge in [-0.15, -0.1) is 0 Å². The Labute approximate surface area is 622 Å². The first-order valence-electron chi connectivity index (χ1n) is 46.2. The molecule has 1 aliphatic heterocycles. The van der Waals surface area contributed by atoms with Crippen LogP contribution < -0.4 is 9.30 Å². The van der Waals surface area contributed by atoms with E-state index in [0.29, 0.717) is 78.4 Å². The molecule has 4 aromatic heterocycles. The molecule has 0 saturated heterocycles. The second kappa shape index (κ2) is 22.0. The van der Waals surface area contributed by atoms with Gasteiger partial charge in [0.2, 0.25) is 0 Å². The summed E-state index contributed by atoms with van der Waals surface area (Å²) in [7, 11) is 0. The number of pyridine rings is 1. The summed E-state index contributed by atoms with van der Waals surface area (Å²) in [6.45, 7) is -8.13. The van der Waals surface area contributed by atoms with Gasteiger partial charge in [0.1, 0.15) is 28.5 Å². The standard InChI is InChI=1S/C94H84N4O2/c1-56-22-20-23-57(2)87(56)61-46-71(59-33-37-85-74(44-59)70-29-17-19-31-84(70)100-85)88-76(47-61)73-54-80-79(93(10,11)41-42-94(80,12)13)53-72(73)66-26-14-15-27-67(66)75-45-60(58-32-36-77-78(48-58)92(8,9)40-39-91(77,6)7)49-83-89(75)97(88)55-96(83)63-24-21-25-64(51-63)99-65-34-35-69-68-28-16-18-30-81(68)98(82(69)52-65)86-50-62(38-43-95-86)90(3,4)5/h14-38,43-54H,39-42H2,1-13H3/i1D3,2D3,6D3,7D3,8D3,9D3,32D,36D,39D2,40D2,48D. The van der Waals surface area contributed by atoms with E-state index in [-0.39, 0.29) is 55.6 Å². The van der Waals surface area contributed by atoms with Crippen molar-refractivity contribution in [1.29, 1.82) is 0 Å². The SMILES string of the molecule is [2H]c1c([2H])c2c(c([2H])c1-c1cc3c4c(c1)n(-c1cccc(Oc5ccc6c7ccccc7n(-c7cc(C(C)(C)C)ccn7)c6c5)c1)[c-][n+]4-c1c(-c4ccc5oc6ccccc6c5c4)cc(-c4c(C([2H])([2H])[2H])cccc4C([2H])([2H])[2H])cc1-c1cc4c(cc1-c1ccccc1-3)C(C)(C)CCC4(C)C)C(C([2H])([2H])[2H])(C([2H])([2H])[2H])C([2H])([2H])C([2H])([2H])C2(C([2H])([2H])[2H])C([2H])([2H])[2H]. The van der Waals surface area contributed by atoms with Crippen LogP contribution in [0.4, 0.5) is 0 Å². The molecule has 15 aromatic rings. The molecule has 0 radical (unpaired) electrons. The average Bonchev–Trinajstić information content (AvgIpc) is 1.40. The molecule has 2 aliphatic carbocycles. The molecule has 0 N–H and O–H groups in total. The number of benzene rings is 11. The highest BCUT2D eigenvalue weighted by atomic mass is 16.5. The zero-order chi connectivity index (χ0) is 89.9. The van der Waals surface area contributed by atoms with Crippen molar-refractivity contribution in [3.05, 3.63) is 270 Å². The number of fused-ring (bicyclic) bond motifs is 15. The van der Waals surface area contributed by atoms with Gasteiger partial charge >= 0.3 is 0 Å². The summed E-state index contributed by atoms with van der Waals surface area (Å²) in [6, 6.07) is 56.1. The molecule has 100 heavy (non-hydrogen) atoms. The third-order valence-corrected chi connectivity index (χ3v) is 21.0. The van der Waals surface area contributed by atoms with Crippen molar-refractivity contribution in [1.82, 2.24) is 14.1 Å². The third-order valence-electron chi connectivity index (χ3n) is 21.0. The first-order valence-corrected chi connectivity index (χ1v) is 33.7. The van der Waals surface area contributed by atoms with Crippen LogP contribution in [0.1, 0.15) is 175 Å². The Bertz CT molecular complexity index is 7040. The van der Waals surface area contributed by atoms with Crippen LogP contribution in [0.2, 0.25) is 0 Å². The van der Waals surface area contributed by atoms with Crippen molar-refractivity contribution in [2.75, 3.05) is 0 Å². The third kappa shape index (κ3) is 9.71. The van der Waals surface area contributed by atoms with E-state index in [1.54, 1.807) is 47.2 Å². The van der Waals surface area contributed by atoms with Gasteiger partial charge in [0.05, 0.1) is 37.6 Å². The number of imidazole rings is 1. The quantitative estimate of drug-likeness (QED) is 0.118. The van der Waals surface area contributed by atoms with Gasteiger partial charge in [-0.05, 0) is 263 Å². The normalized spacial score (nSPS) is 21.1. The molecule has 0 saturated carbocycles. The van der Waals surface area contributed by atoms with E-state index in [0.717, 1.165) is 56.7 Å². The van der Waals surface area contributed by atoms with Crippen molar-refractivity contribution < 1.29 is 48.0 Å². The van der Waals surface area contributed by atoms with Crippen LogP contribution >= 0.6 is 0 Å². The number of furan rings is 1. The molecule has 492 valence electrons. The van der Waals surface area contributed by atoms with E-state index in [4.69, 9.17) is 22.4 Å². The lowest BCUT2D eigenvalue weighted by Crippen LogP contribution is -2.34. The first-order chi connectivity index (χ1) is 58.2. The Hall–Kier alpha value is -10.6. The van der Waals surface area contributed by atoms with Gasteiger partial charge in [0.25, 0.3) is 6.33 Å². The van der Waals surface area contributed by atoms with Gasteiger partial charge in [0.15, 0.2) is 0 Å². The molecule has 6 nitrogen and oxygen atoms in total. The molecule has 6 heteroatoms. The zero-order valence-corrected chi connectivity index (χ0v) is 56.1. The van der Waals surface area contributed by atoms with Crippen molar-refractivity contribution >= 4 is 54.8 Å². The predicted octanol–water partition coefficient (Wildman–Crippen LogP) is 24.8. The molecule has 0 bridgehead atoms. The Morgan fingerprint density at radius 1 is 0.510 bits per heavy atom. The van der Waals surface area contributed by atoms with E-state index in [2.05, 4.69) is 77.6 Å². The van der Waals surface area contributed by atoms with Crippen molar-refractivity contribution in [3.8, 4) is 95.5 Å². The Kier molecular flexibility index (Phi) is 8.90. The number of ether oxygens (including phenoxy) is 1. The van der Waals surface area contributed by atoms with E-state index in [1.165, 1.54) is 30.3 Å². The second-order valence-corrected chi connectivity index (χ2v) is 29.4. The number of hydrogen-bond acceptors (Lipinski definition) is 3. The molecule has 18 rings (SSSR count). The maximum Gasteiger partial charge on any atom is 0.269 e. The van der Waals surface area contributed by atoms with Gasteiger partial charge in [0, 0.05) is 64.0 Å². The summed E-state index contributed by atoms with van der Waals surface area (Å²) < 4.78 is 256. The fourth-order valence-corrected chi connectivity index (χ4v) is 15.7. The summed E-state index contributed by atoms with van der Waals surface area (Å²) in [5.41, 5.74) is -4.48. The van der Waals surface area contributed by atoms with Crippen molar-refractivity contribution in [2.24, 2.45) is 0 Å². The van der Waals surface area contributed by atoms with E-state index in [9.17, 15) is 26.0 Å². The molecule has 11 aromatic carbocycles. The fraction of sp³-hybridized carbons (Fsp3) is 0.234. The molecule has 0 spiro atoms. The average molecular weight is 1330 g/mol. The van der Waals surface area contributed by atoms with Gasteiger partial charge in [-0.1, -0.05) is 197 Å². The zero-order valence-electron chi connectivity index (χ0n) is 81.1. The van der Waals surface area contributed by atoms with Crippen molar-refractivity contribution in [3.63, 3.8) is 0 Å². The van der Waals surface area contributed by atoms with Crippen LogP contribution in [0.15, 0.2) is 229 Å². The van der Waals surface area contributed by atoms with Crippen LogP contribution in [0, 0.1) is 20.0 Å². The van der Waals surface area contributed by atoms with Crippen LogP contribution in [0.5, 0.6) is 11.5 Å². The molecular formula is C94H84N4O2. The molecule has 0 amide bonds. The second-order valence-electron chi connectivity index (χ2n) is 29.4. The number of para-hydroxylation sites is 2. The van der Waals surface area contributed by atoms with E-state index < -0.39 is 110 Å². The van der Waals surface area contributed by atoms with Gasteiger partial charge in [-0.3, -0.25) is 13.7 Å². The minimum atomic E-state index is -4.62. The molecule has 0 atom stereocenters. The molecule has 0 fully saturated rings. The fourth-order valence-electron chi connectivity index (χ4n) is 15.7. The predicted molar refractivity (Wildman–Crippen MR) is 414 cm³/mol. The molecule has 5 heterocycles. The highest BCUT2D eigenvalue weighted by Crippen LogP contribution is 2.55. The maximum absolute atomic E-state index is 10.7. The summed E-state index contributed by atoms with van der Waals surface area (Å²) >= 11 is 0. The number of hydrogen-bond donors (Lipinski definition) is 0. The number of nitrogens with zero attached hydrogens (tertiary/aromatic N) is 4. The topological polar surface area (TPSA) is 49.0 Å². The molecule has 0 unspecified atom stereocenters. The summed E-state index contributed by atoms with van der Waals surface area (Å²) in [5, 5.41) is 3.26. The summed E-state index contributed by atoms with van der Waals surface area (Å²) in [4.78, 5) is 4.91. The van der Waals surface area contributed by atoms with Gasteiger partial charge in [-0.2, -0.15) is 0 Å². The van der Waals surface area contributed by atoms with Crippen LogP contribution in [0.3, 0.4) is 0 Å². The lowest BCUT2D eigenvalue weighted by Gasteiger charge is -2.42. The number of aromatic nitrogens is 4. The Morgan fingerprint density at radius 3 is 1.93 bits per heavy atom. The first kappa shape index (κ1) is 40.5. The molecular weight excluding hydrogens is 1220 g/mol. The smallest absolute Gasteiger partial charge is 0.269 e. The van der Waals surface area contributed by atoms with E-state index >= 15 is 0 Å². The largest absolute Gasteiger partial charge is 0.458 e. The highest BCUT2D eigenvalue weighted by molar-refractivity contribution is 6.11. The van der Waals surface area contributed by atoms with Gasteiger partial charge < -0.3 is 9.15 Å². The molecule has 3 aliphatic rings. The van der Waals surface area contributed by atoms with Gasteiger partial charge in [-0.25, -0.2) is 4.98 Å². The van der Waals surface area contributed by atoms with Crippen LogP contribution in [0.25, 0.3) is 139 Å². The number of rotatable bonds is 7. The lowest BCUT2D eigenvalue weighted by molar-refractivity contribution is -0.570. The lowest BCUT2D eigenvalue weighted by atomic mass is 9.62. The summed E-state index contributed by atoms with van der Waals surface area (Å²) in [6.07, 6.45) is -2.17. The van der Waals surface area contributed by atoms with Crippen LogP contribution in [-0.4, -0.2) is 14.1 Å².